The Morgan fingerprint density at radius 1 is 1.57 bits per heavy atom. The van der Waals surface area contributed by atoms with Crippen molar-refractivity contribution in [3.8, 4) is 0 Å². The highest BCUT2D eigenvalue weighted by Gasteiger charge is 2.26. The van der Waals surface area contributed by atoms with Crippen LogP contribution in [0.25, 0.3) is 0 Å². The van der Waals surface area contributed by atoms with E-state index >= 15 is 0 Å². The molecule has 14 heavy (non-hydrogen) atoms. The van der Waals surface area contributed by atoms with Gasteiger partial charge < -0.3 is 10.5 Å². The smallest absolute Gasteiger partial charge is 0.123 e. The number of nitrogens with two attached hydrogens (primary N) is 1. The van der Waals surface area contributed by atoms with E-state index in [4.69, 9.17) is 10.5 Å². The van der Waals surface area contributed by atoms with Crippen molar-refractivity contribution in [3.63, 3.8) is 0 Å². The second-order valence-corrected chi connectivity index (χ2v) is 3.63. The van der Waals surface area contributed by atoms with E-state index in [1.54, 1.807) is 6.07 Å². The molecule has 2 nitrogen and oxygen atoms in total. The van der Waals surface area contributed by atoms with Gasteiger partial charge in [-0.05, 0) is 29.7 Å². The van der Waals surface area contributed by atoms with E-state index < -0.39 is 0 Å². The van der Waals surface area contributed by atoms with Gasteiger partial charge in [0.1, 0.15) is 5.82 Å². The molecule has 2 atom stereocenters. The van der Waals surface area contributed by atoms with E-state index in [0.29, 0.717) is 6.61 Å². The Balaban J connectivity index is 2.38. The zero-order chi connectivity index (χ0) is 10.1. The summed E-state index contributed by atoms with van der Waals surface area (Å²) in [6.45, 7) is 2.57. The van der Waals surface area contributed by atoms with Gasteiger partial charge in [-0.3, -0.25) is 0 Å². The molecule has 1 aromatic rings. The van der Waals surface area contributed by atoms with Crippen LogP contribution in [-0.2, 0) is 11.3 Å². The molecule has 1 aromatic carbocycles. The third-order valence-corrected chi connectivity index (χ3v) is 2.72. The molecular formula is C11H14FNO. The van der Waals surface area contributed by atoms with Gasteiger partial charge in [-0.15, -0.1) is 0 Å². The lowest BCUT2D eigenvalue weighted by atomic mass is 9.93. The third kappa shape index (κ3) is 1.53. The first-order valence-electron chi connectivity index (χ1n) is 4.88. The number of benzene rings is 1. The van der Waals surface area contributed by atoms with Crippen molar-refractivity contribution in [3.05, 3.63) is 35.1 Å². The van der Waals surface area contributed by atoms with Crippen LogP contribution in [-0.4, -0.2) is 6.10 Å². The highest BCUT2D eigenvalue weighted by Crippen LogP contribution is 2.29. The Morgan fingerprint density at radius 3 is 3.07 bits per heavy atom. The molecule has 0 aromatic heterocycles. The second-order valence-electron chi connectivity index (χ2n) is 3.63. The molecule has 2 rings (SSSR count). The van der Waals surface area contributed by atoms with Crippen molar-refractivity contribution in [1.82, 2.24) is 0 Å². The first-order valence-corrected chi connectivity index (χ1v) is 4.88. The fourth-order valence-corrected chi connectivity index (χ4v) is 1.88. The minimum absolute atomic E-state index is 0.0179. The van der Waals surface area contributed by atoms with Gasteiger partial charge in [-0.25, -0.2) is 4.39 Å². The topological polar surface area (TPSA) is 35.2 Å². The number of hydrogen-bond donors (Lipinski definition) is 1. The Morgan fingerprint density at radius 2 is 2.36 bits per heavy atom. The van der Waals surface area contributed by atoms with Gasteiger partial charge >= 0.3 is 0 Å². The van der Waals surface area contributed by atoms with Crippen LogP contribution in [0.1, 0.15) is 30.5 Å². The van der Waals surface area contributed by atoms with Gasteiger partial charge in [-0.1, -0.05) is 13.0 Å². The second kappa shape index (κ2) is 3.67. The molecule has 2 N–H and O–H groups in total. The van der Waals surface area contributed by atoms with Gasteiger partial charge in [0.25, 0.3) is 0 Å². The molecule has 0 spiro atoms. The van der Waals surface area contributed by atoms with Gasteiger partial charge in [0.05, 0.1) is 18.8 Å². The highest BCUT2D eigenvalue weighted by molar-refractivity contribution is 5.32. The highest BCUT2D eigenvalue weighted by atomic mass is 19.1. The number of ether oxygens (including phenoxy) is 1. The molecule has 0 amide bonds. The lowest BCUT2D eigenvalue weighted by Crippen LogP contribution is -2.33. The van der Waals surface area contributed by atoms with E-state index in [1.807, 2.05) is 6.92 Å². The van der Waals surface area contributed by atoms with Crippen LogP contribution >= 0.6 is 0 Å². The lowest BCUT2D eigenvalue weighted by molar-refractivity contribution is 0.00666. The molecule has 0 radical (unpaired) electrons. The molecule has 1 unspecified atom stereocenters. The van der Waals surface area contributed by atoms with Crippen molar-refractivity contribution in [2.45, 2.75) is 32.1 Å². The molecule has 76 valence electrons. The number of halogens is 1. The van der Waals surface area contributed by atoms with Crippen LogP contribution in [0.2, 0.25) is 0 Å². The zero-order valence-electron chi connectivity index (χ0n) is 8.16. The minimum Gasteiger partial charge on any atom is -0.372 e. The summed E-state index contributed by atoms with van der Waals surface area (Å²) in [5, 5.41) is 0. The third-order valence-electron chi connectivity index (χ3n) is 2.72. The monoisotopic (exact) mass is 195 g/mol. The Kier molecular flexibility index (Phi) is 2.52. The van der Waals surface area contributed by atoms with Gasteiger partial charge in [0, 0.05) is 0 Å². The molecular weight excluding hydrogens is 181 g/mol. The van der Waals surface area contributed by atoms with Crippen LogP contribution in [0.4, 0.5) is 4.39 Å². The van der Waals surface area contributed by atoms with Crippen molar-refractivity contribution in [2.24, 2.45) is 5.73 Å². The number of rotatable bonds is 1. The lowest BCUT2D eigenvalue weighted by Gasteiger charge is -2.30. The fraction of sp³-hybridized carbons (Fsp3) is 0.455. The molecule has 0 aliphatic carbocycles. The van der Waals surface area contributed by atoms with E-state index in [-0.39, 0.29) is 18.0 Å². The predicted molar refractivity (Wildman–Crippen MR) is 52.2 cm³/mol. The fourth-order valence-electron chi connectivity index (χ4n) is 1.88. The molecule has 0 bridgehead atoms. The van der Waals surface area contributed by atoms with Crippen LogP contribution in [0.5, 0.6) is 0 Å². The Labute approximate surface area is 82.9 Å². The summed E-state index contributed by atoms with van der Waals surface area (Å²) in [7, 11) is 0. The summed E-state index contributed by atoms with van der Waals surface area (Å²) in [6.07, 6.45) is 0.876. The summed E-state index contributed by atoms with van der Waals surface area (Å²) in [5.74, 6) is -0.226. The van der Waals surface area contributed by atoms with Gasteiger partial charge in [0.15, 0.2) is 0 Å². The standard InChI is InChI=1S/C11H14FNO/c1-2-10-11(13)9-5-8(12)4-3-7(9)6-14-10/h3-5,10-11H,2,6,13H2,1H3/t10?,11-/m0/s1. The quantitative estimate of drug-likeness (QED) is 0.745. The largest absolute Gasteiger partial charge is 0.372 e. The molecule has 3 heteroatoms. The maximum atomic E-state index is 13.0. The molecule has 1 heterocycles. The van der Waals surface area contributed by atoms with Crippen molar-refractivity contribution < 1.29 is 9.13 Å². The van der Waals surface area contributed by atoms with E-state index in [2.05, 4.69) is 0 Å². The summed E-state index contributed by atoms with van der Waals surface area (Å²) in [6, 6.07) is 4.52. The Hall–Kier alpha value is -0.930. The maximum absolute atomic E-state index is 13.0. The van der Waals surface area contributed by atoms with Crippen molar-refractivity contribution >= 4 is 0 Å². The van der Waals surface area contributed by atoms with E-state index in [1.165, 1.54) is 12.1 Å². The van der Waals surface area contributed by atoms with E-state index in [0.717, 1.165) is 17.5 Å². The molecule has 1 aliphatic heterocycles. The minimum atomic E-state index is -0.226. The molecule has 1 aliphatic rings. The van der Waals surface area contributed by atoms with Gasteiger partial charge in [-0.2, -0.15) is 0 Å². The summed E-state index contributed by atoms with van der Waals surface area (Å²) >= 11 is 0. The van der Waals surface area contributed by atoms with Crippen LogP contribution in [0.3, 0.4) is 0 Å². The number of fused-ring (bicyclic) bond motifs is 1. The van der Waals surface area contributed by atoms with Crippen LogP contribution in [0.15, 0.2) is 18.2 Å². The molecule has 0 fully saturated rings. The SMILES string of the molecule is CCC1OCc2ccc(F)cc2[C@@H]1N. The predicted octanol–water partition coefficient (Wildman–Crippen LogP) is 2.13. The number of hydrogen-bond acceptors (Lipinski definition) is 2. The Bertz CT molecular complexity index is 340. The maximum Gasteiger partial charge on any atom is 0.123 e. The first-order chi connectivity index (χ1) is 6.72. The van der Waals surface area contributed by atoms with Crippen LogP contribution in [0, 0.1) is 5.82 Å². The zero-order valence-corrected chi connectivity index (χ0v) is 8.16. The van der Waals surface area contributed by atoms with E-state index in [9.17, 15) is 4.39 Å². The first kappa shape index (κ1) is 9.62. The normalized spacial score (nSPS) is 25.9. The van der Waals surface area contributed by atoms with Gasteiger partial charge in [0.2, 0.25) is 0 Å². The average Bonchev–Trinajstić information content (AvgIpc) is 2.20. The summed E-state index contributed by atoms with van der Waals surface area (Å²) in [5.41, 5.74) is 7.87. The summed E-state index contributed by atoms with van der Waals surface area (Å²) < 4.78 is 18.6. The van der Waals surface area contributed by atoms with Crippen molar-refractivity contribution in [1.29, 1.82) is 0 Å². The van der Waals surface area contributed by atoms with Crippen molar-refractivity contribution in [2.75, 3.05) is 0 Å². The van der Waals surface area contributed by atoms with Crippen LogP contribution < -0.4 is 5.73 Å². The summed E-state index contributed by atoms with van der Waals surface area (Å²) in [4.78, 5) is 0. The average molecular weight is 195 g/mol. The molecule has 0 saturated carbocycles. The molecule has 0 saturated heterocycles.